The zero-order chi connectivity index (χ0) is 31.6. The highest BCUT2D eigenvalue weighted by Gasteiger charge is 2.49. The van der Waals surface area contributed by atoms with Crippen LogP contribution in [0.15, 0.2) is 12.1 Å². The van der Waals surface area contributed by atoms with Gasteiger partial charge in [0.2, 0.25) is 0 Å². The lowest BCUT2D eigenvalue weighted by molar-refractivity contribution is 0.107. The van der Waals surface area contributed by atoms with Gasteiger partial charge in [-0.15, -0.1) is 11.3 Å². The zero-order valence-corrected chi connectivity index (χ0v) is 26.4. The molecule has 7 rings (SSSR count). The van der Waals surface area contributed by atoms with E-state index in [2.05, 4.69) is 9.88 Å². The predicted molar refractivity (Wildman–Crippen MR) is 169 cm³/mol. The SMILES string of the molecule is CN(C)CCN1CCOc2c(Cl)c(-c3ccc(F)c4sc(N)c(C#N)c34)c(F)c3nc(OC[C@@]45CCCN4C[C@H](F)C5)nc1c23. The van der Waals surface area contributed by atoms with Crippen LogP contribution in [0.2, 0.25) is 5.02 Å². The second kappa shape index (κ2) is 11.3. The number of aromatic nitrogens is 2. The zero-order valence-electron chi connectivity index (χ0n) is 24.8. The fourth-order valence-corrected chi connectivity index (χ4v) is 8.24. The number of thiophene rings is 1. The van der Waals surface area contributed by atoms with Gasteiger partial charge in [-0.3, -0.25) is 4.90 Å². The first-order chi connectivity index (χ1) is 21.6. The smallest absolute Gasteiger partial charge is 0.319 e. The van der Waals surface area contributed by atoms with Gasteiger partial charge in [0.25, 0.3) is 0 Å². The minimum absolute atomic E-state index is 0.0391. The van der Waals surface area contributed by atoms with Crippen LogP contribution < -0.4 is 20.1 Å². The second-order valence-electron chi connectivity index (χ2n) is 12.1. The van der Waals surface area contributed by atoms with E-state index in [1.165, 1.54) is 12.1 Å². The summed E-state index contributed by atoms with van der Waals surface area (Å²) in [5.74, 6) is -0.780. The summed E-state index contributed by atoms with van der Waals surface area (Å²) < 4.78 is 58.9. The number of hydrogen-bond donors (Lipinski definition) is 1. The molecular formula is C31H31ClF3N7O2S. The number of ether oxygens (including phenoxy) is 2. The highest BCUT2D eigenvalue weighted by Crippen LogP contribution is 2.51. The van der Waals surface area contributed by atoms with E-state index in [1.807, 2.05) is 30.0 Å². The number of fused-ring (bicyclic) bond motifs is 2. The summed E-state index contributed by atoms with van der Waals surface area (Å²) in [6.07, 6.45) is 1.16. The second-order valence-corrected chi connectivity index (χ2v) is 13.6. The van der Waals surface area contributed by atoms with E-state index in [9.17, 15) is 14.0 Å². The fourth-order valence-electron chi connectivity index (χ4n) is 6.96. The van der Waals surface area contributed by atoms with Gasteiger partial charge in [-0.05, 0) is 45.1 Å². The van der Waals surface area contributed by atoms with Gasteiger partial charge in [0, 0.05) is 37.0 Å². The molecule has 236 valence electrons. The molecule has 0 saturated carbocycles. The first-order valence-electron chi connectivity index (χ1n) is 14.8. The van der Waals surface area contributed by atoms with Crippen LogP contribution in [0.3, 0.4) is 0 Å². The molecule has 2 fully saturated rings. The average molecular weight is 658 g/mol. The van der Waals surface area contributed by atoms with E-state index < -0.39 is 23.3 Å². The highest BCUT2D eigenvalue weighted by molar-refractivity contribution is 7.23. The quantitative estimate of drug-likeness (QED) is 0.272. The van der Waals surface area contributed by atoms with Gasteiger partial charge in [-0.25, -0.2) is 13.2 Å². The summed E-state index contributed by atoms with van der Waals surface area (Å²) in [4.78, 5) is 15.5. The molecule has 0 amide bonds. The van der Waals surface area contributed by atoms with Crippen LogP contribution in [0, 0.1) is 23.0 Å². The molecule has 2 aromatic carbocycles. The summed E-state index contributed by atoms with van der Waals surface area (Å²) in [6.45, 7) is 3.24. The predicted octanol–water partition coefficient (Wildman–Crippen LogP) is 5.61. The molecule has 2 aromatic heterocycles. The number of nitrogens with two attached hydrogens (primary N) is 1. The van der Waals surface area contributed by atoms with E-state index in [-0.39, 0.29) is 67.3 Å². The van der Waals surface area contributed by atoms with Gasteiger partial charge in [0.1, 0.15) is 47.6 Å². The molecule has 0 radical (unpaired) electrons. The van der Waals surface area contributed by atoms with Gasteiger partial charge in [-0.2, -0.15) is 15.2 Å². The summed E-state index contributed by atoms with van der Waals surface area (Å²) in [5, 5.41) is 10.4. The molecule has 4 aromatic rings. The van der Waals surface area contributed by atoms with Crippen LogP contribution in [0.1, 0.15) is 24.8 Å². The standard InChI is InChI=1S/C31H31ClF3N7O2S/c1-40(2)8-9-41-10-11-43-26-22-25(38-30(39-29(22)41)44-15-31-6-3-7-42(31)14-16(33)12-31)24(35)21(23(26)32)17-4-5-19(34)27-20(17)18(13-36)28(37)45-27/h4-5,16H,3,6-12,14-15,37H2,1-2H3/t16-,31+/m1/s1. The Balaban J connectivity index is 1.43. The van der Waals surface area contributed by atoms with Crippen LogP contribution in [-0.4, -0.2) is 91.5 Å². The number of nitrogen functional groups attached to an aromatic ring is 1. The number of halogens is 4. The van der Waals surface area contributed by atoms with Crippen LogP contribution in [0.5, 0.6) is 11.8 Å². The summed E-state index contributed by atoms with van der Waals surface area (Å²) in [5.41, 5.74) is 5.67. The third-order valence-corrected chi connectivity index (χ3v) is 10.5. The van der Waals surface area contributed by atoms with Gasteiger partial charge >= 0.3 is 6.01 Å². The normalized spacial score (nSPS) is 21.4. The maximum atomic E-state index is 17.0. The number of hydrogen-bond acceptors (Lipinski definition) is 10. The first kappa shape index (κ1) is 30.1. The molecule has 0 spiro atoms. The van der Waals surface area contributed by atoms with Crippen molar-refractivity contribution in [2.24, 2.45) is 0 Å². The minimum atomic E-state index is -0.934. The summed E-state index contributed by atoms with van der Waals surface area (Å²) >= 11 is 7.87. The van der Waals surface area contributed by atoms with Crippen LogP contribution in [0.4, 0.5) is 24.0 Å². The molecule has 2 saturated heterocycles. The first-order valence-corrected chi connectivity index (χ1v) is 16.0. The molecule has 2 atom stereocenters. The van der Waals surface area contributed by atoms with E-state index in [0.29, 0.717) is 43.8 Å². The third kappa shape index (κ3) is 4.90. The van der Waals surface area contributed by atoms with Crippen LogP contribution in [-0.2, 0) is 0 Å². The van der Waals surface area contributed by atoms with Crippen molar-refractivity contribution in [2.45, 2.75) is 31.0 Å². The molecule has 5 heterocycles. The Kier molecular flexibility index (Phi) is 7.59. The molecule has 3 aliphatic rings. The monoisotopic (exact) mass is 657 g/mol. The summed E-state index contributed by atoms with van der Waals surface area (Å²) in [6, 6.07) is 4.56. The maximum absolute atomic E-state index is 17.0. The Bertz CT molecular complexity index is 1880. The Labute approximate surface area is 266 Å². The van der Waals surface area contributed by atoms with Crippen LogP contribution in [0.25, 0.3) is 32.1 Å². The Morgan fingerprint density at radius 1 is 1.27 bits per heavy atom. The van der Waals surface area contributed by atoms with Gasteiger partial charge < -0.3 is 25.0 Å². The Morgan fingerprint density at radius 2 is 2.09 bits per heavy atom. The number of alkyl halides is 1. The number of nitriles is 1. The Hall–Kier alpha value is -3.57. The third-order valence-electron chi connectivity index (χ3n) is 9.10. The van der Waals surface area contributed by atoms with Crippen molar-refractivity contribution >= 4 is 54.7 Å². The summed E-state index contributed by atoms with van der Waals surface area (Å²) in [7, 11) is 3.91. The van der Waals surface area contributed by atoms with Crippen LogP contribution >= 0.6 is 22.9 Å². The topological polar surface area (TPSA) is 104 Å². The molecule has 45 heavy (non-hydrogen) atoms. The van der Waals surface area contributed by atoms with E-state index in [4.69, 9.17) is 31.8 Å². The van der Waals surface area contributed by atoms with Crippen molar-refractivity contribution in [1.29, 1.82) is 5.26 Å². The lowest BCUT2D eigenvalue weighted by Gasteiger charge is -2.31. The van der Waals surface area contributed by atoms with Gasteiger partial charge in [-0.1, -0.05) is 17.7 Å². The lowest BCUT2D eigenvalue weighted by Crippen LogP contribution is -2.43. The number of anilines is 2. The van der Waals surface area contributed by atoms with Gasteiger partial charge in [0.15, 0.2) is 11.6 Å². The average Bonchev–Trinajstić information content (AvgIpc) is 3.60. The molecule has 3 aliphatic heterocycles. The molecule has 0 bridgehead atoms. The number of benzene rings is 2. The van der Waals surface area contributed by atoms with Crippen molar-refractivity contribution < 1.29 is 22.6 Å². The van der Waals surface area contributed by atoms with E-state index in [0.717, 1.165) is 30.7 Å². The molecule has 14 heteroatoms. The van der Waals surface area contributed by atoms with Gasteiger partial charge in [0.05, 0.1) is 32.8 Å². The molecular weight excluding hydrogens is 627 g/mol. The molecule has 9 nitrogen and oxygen atoms in total. The number of likely N-dealkylation sites (N-methyl/N-ethyl adjacent to an activating group) is 1. The van der Waals surface area contributed by atoms with Crippen molar-refractivity contribution in [3.05, 3.63) is 34.4 Å². The number of rotatable bonds is 7. The van der Waals surface area contributed by atoms with E-state index >= 15 is 4.39 Å². The van der Waals surface area contributed by atoms with Crippen molar-refractivity contribution in [2.75, 3.05) is 70.7 Å². The number of nitrogens with zero attached hydrogens (tertiary/aromatic N) is 6. The van der Waals surface area contributed by atoms with E-state index in [1.54, 1.807) is 0 Å². The van der Waals surface area contributed by atoms with Crippen molar-refractivity contribution in [3.8, 4) is 29.0 Å². The largest absolute Gasteiger partial charge is 0.489 e. The highest BCUT2D eigenvalue weighted by atomic mass is 35.5. The molecule has 0 unspecified atom stereocenters. The minimum Gasteiger partial charge on any atom is -0.489 e. The fraction of sp³-hybridized carbons (Fsp3) is 0.452. The van der Waals surface area contributed by atoms with Crippen molar-refractivity contribution in [1.82, 2.24) is 19.8 Å². The lowest BCUT2D eigenvalue weighted by atomic mass is 9.95. The Morgan fingerprint density at radius 3 is 2.87 bits per heavy atom. The maximum Gasteiger partial charge on any atom is 0.319 e. The molecule has 2 N–H and O–H groups in total. The molecule has 0 aliphatic carbocycles. The van der Waals surface area contributed by atoms with Crippen molar-refractivity contribution in [3.63, 3.8) is 0 Å².